The first-order valence-corrected chi connectivity index (χ1v) is 11.1. The fourth-order valence-electron chi connectivity index (χ4n) is 5.53. The molecule has 4 aliphatic rings. The van der Waals surface area contributed by atoms with Crippen LogP contribution in [0.5, 0.6) is 0 Å². The maximum atomic E-state index is 13.2. The molecule has 1 saturated carbocycles. The average molecular weight is 382 g/mol. The third-order valence-electron chi connectivity index (χ3n) is 6.78. The highest BCUT2D eigenvalue weighted by Gasteiger charge is 2.48. The number of amides is 2. The van der Waals surface area contributed by atoms with Gasteiger partial charge in [-0.25, -0.2) is 0 Å². The topological polar surface area (TPSA) is 61.9 Å². The van der Waals surface area contributed by atoms with Gasteiger partial charge in [0, 0.05) is 38.4 Å². The fourth-order valence-corrected chi connectivity index (χ4v) is 6.59. The summed E-state index contributed by atoms with van der Waals surface area (Å²) < 4.78 is 9.10. The Morgan fingerprint density at radius 2 is 2.00 bits per heavy atom. The minimum atomic E-state index is -0.268. The number of hydrogen-bond donors (Lipinski definition) is 1. The highest BCUT2D eigenvalue weighted by molar-refractivity contribution is 7.97. The molecule has 26 heavy (non-hydrogen) atoms. The molecule has 1 aliphatic carbocycles. The van der Waals surface area contributed by atoms with Crippen LogP contribution >= 0.6 is 11.9 Å². The van der Waals surface area contributed by atoms with Crippen molar-refractivity contribution in [1.82, 2.24) is 14.5 Å². The average Bonchev–Trinajstić information content (AvgIpc) is 3.33. The third-order valence-corrected chi connectivity index (χ3v) is 7.74. The van der Waals surface area contributed by atoms with Crippen LogP contribution in [0.4, 0.5) is 0 Å². The standard InChI is InChI=1S/C19H31N3O3S/c1-12-10-21(19(24)18-4-3-7-25-18)17-8-14(15-9-20-26-11-15)5-6-16(17)22(12)13(2)23/h12,14-18,20H,3-11H2,1-2H3/t12-,14?,15?,16?,17?,18?/m0/s1. The smallest absolute Gasteiger partial charge is 0.252 e. The van der Waals surface area contributed by atoms with Gasteiger partial charge in [-0.1, -0.05) is 11.9 Å². The van der Waals surface area contributed by atoms with Gasteiger partial charge in [0.15, 0.2) is 0 Å². The van der Waals surface area contributed by atoms with Crippen molar-refractivity contribution in [3.05, 3.63) is 0 Å². The molecular weight excluding hydrogens is 350 g/mol. The van der Waals surface area contributed by atoms with Crippen molar-refractivity contribution in [2.75, 3.05) is 25.4 Å². The highest BCUT2D eigenvalue weighted by atomic mass is 32.2. The van der Waals surface area contributed by atoms with Crippen molar-refractivity contribution in [2.24, 2.45) is 11.8 Å². The van der Waals surface area contributed by atoms with Crippen LogP contribution in [-0.2, 0) is 14.3 Å². The molecule has 6 nitrogen and oxygen atoms in total. The number of nitrogens with zero attached hydrogens (tertiary/aromatic N) is 2. The minimum Gasteiger partial charge on any atom is -0.368 e. The van der Waals surface area contributed by atoms with Crippen LogP contribution in [0.25, 0.3) is 0 Å². The first-order valence-electron chi connectivity index (χ1n) is 10.1. The largest absolute Gasteiger partial charge is 0.368 e. The Kier molecular flexibility index (Phi) is 5.48. The van der Waals surface area contributed by atoms with Crippen LogP contribution < -0.4 is 4.72 Å². The summed E-state index contributed by atoms with van der Waals surface area (Å²) in [6.07, 6.45) is 4.73. The number of nitrogens with one attached hydrogen (secondary N) is 1. The Hall–Kier alpha value is -0.790. The second-order valence-corrected chi connectivity index (χ2v) is 9.31. The maximum absolute atomic E-state index is 13.2. The zero-order valence-electron chi connectivity index (χ0n) is 15.9. The van der Waals surface area contributed by atoms with E-state index in [0.717, 1.165) is 44.4 Å². The minimum absolute atomic E-state index is 0.0827. The molecular formula is C19H31N3O3S. The van der Waals surface area contributed by atoms with Gasteiger partial charge in [0.05, 0.1) is 12.1 Å². The molecule has 3 aliphatic heterocycles. The number of ether oxygens (including phenoxy) is 1. The van der Waals surface area contributed by atoms with E-state index in [0.29, 0.717) is 25.0 Å². The molecule has 2 amide bonds. The third kappa shape index (κ3) is 3.38. The molecule has 5 unspecified atom stereocenters. The van der Waals surface area contributed by atoms with Crippen LogP contribution in [0.1, 0.15) is 46.0 Å². The Bertz CT molecular complexity index is 548. The zero-order valence-corrected chi connectivity index (χ0v) is 16.7. The van der Waals surface area contributed by atoms with E-state index in [2.05, 4.69) is 21.4 Å². The molecule has 0 aromatic carbocycles. The molecule has 3 saturated heterocycles. The SMILES string of the molecule is CC(=O)N1C2CCC(C3CNSC3)CC2N(C(=O)C2CCCO2)C[C@@H]1C. The van der Waals surface area contributed by atoms with Crippen LogP contribution in [0.2, 0.25) is 0 Å². The molecule has 0 aromatic rings. The van der Waals surface area contributed by atoms with Gasteiger partial charge in [-0.05, 0) is 50.9 Å². The number of carbonyl (C=O) groups is 2. The quantitative estimate of drug-likeness (QED) is 0.737. The van der Waals surface area contributed by atoms with E-state index in [1.54, 1.807) is 6.92 Å². The lowest BCUT2D eigenvalue weighted by atomic mass is 9.73. The molecule has 0 bridgehead atoms. The van der Waals surface area contributed by atoms with Crippen molar-refractivity contribution < 1.29 is 14.3 Å². The lowest BCUT2D eigenvalue weighted by Crippen LogP contribution is -2.68. The maximum Gasteiger partial charge on any atom is 0.252 e. The monoisotopic (exact) mass is 381 g/mol. The summed E-state index contributed by atoms with van der Waals surface area (Å²) in [5, 5.41) is 0. The number of carbonyl (C=O) groups excluding carboxylic acids is 2. The van der Waals surface area contributed by atoms with Gasteiger partial charge in [0.1, 0.15) is 6.10 Å². The predicted octanol–water partition coefficient (Wildman–Crippen LogP) is 1.65. The molecule has 0 aromatic heterocycles. The van der Waals surface area contributed by atoms with Gasteiger partial charge in [0.2, 0.25) is 5.91 Å². The van der Waals surface area contributed by atoms with Gasteiger partial charge in [-0.15, -0.1) is 0 Å². The van der Waals surface area contributed by atoms with E-state index in [9.17, 15) is 9.59 Å². The Balaban J connectivity index is 1.56. The lowest BCUT2D eigenvalue weighted by Gasteiger charge is -2.54. The molecule has 7 heteroatoms. The number of fused-ring (bicyclic) bond motifs is 1. The molecule has 4 rings (SSSR count). The van der Waals surface area contributed by atoms with Crippen LogP contribution in [0.3, 0.4) is 0 Å². The normalized spacial score (nSPS) is 40.5. The molecule has 3 heterocycles. The van der Waals surface area contributed by atoms with Crippen molar-refractivity contribution in [3.63, 3.8) is 0 Å². The van der Waals surface area contributed by atoms with E-state index in [1.165, 1.54) is 0 Å². The van der Waals surface area contributed by atoms with Gasteiger partial charge >= 0.3 is 0 Å². The second kappa shape index (κ2) is 7.68. The Labute approximate surface area is 160 Å². The summed E-state index contributed by atoms with van der Waals surface area (Å²) in [6, 6.07) is 0.398. The van der Waals surface area contributed by atoms with Gasteiger partial charge in [0.25, 0.3) is 5.91 Å². The van der Waals surface area contributed by atoms with Gasteiger partial charge in [-0.3, -0.25) is 14.3 Å². The van der Waals surface area contributed by atoms with E-state index < -0.39 is 0 Å². The number of rotatable bonds is 2. The number of hydrogen-bond acceptors (Lipinski definition) is 5. The van der Waals surface area contributed by atoms with E-state index >= 15 is 0 Å². The summed E-state index contributed by atoms with van der Waals surface area (Å²) >= 11 is 1.82. The van der Waals surface area contributed by atoms with Crippen molar-refractivity contribution in [1.29, 1.82) is 0 Å². The second-order valence-electron chi connectivity index (χ2n) is 8.39. The van der Waals surface area contributed by atoms with Gasteiger partial charge in [-0.2, -0.15) is 0 Å². The van der Waals surface area contributed by atoms with Crippen molar-refractivity contribution >= 4 is 23.8 Å². The fraction of sp³-hybridized carbons (Fsp3) is 0.895. The summed E-state index contributed by atoms with van der Waals surface area (Å²) in [7, 11) is 0. The predicted molar refractivity (Wildman–Crippen MR) is 102 cm³/mol. The van der Waals surface area contributed by atoms with E-state index in [1.807, 2.05) is 11.9 Å². The lowest BCUT2D eigenvalue weighted by molar-refractivity contribution is -0.160. The van der Waals surface area contributed by atoms with Gasteiger partial charge < -0.3 is 14.5 Å². The summed E-state index contributed by atoms with van der Waals surface area (Å²) in [6.45, 7) is 6.16. The first-order chi connectivity index (χ1) is 12.6. The van der Waals surface area contributed by atoms with Crippen molar-refractivity contribution in [3.8, 4) is 0 Å². The molecule has 1 N–H and O–H groups in total. The van der Waals surface area contributed by atoms with Crippen LogP contribution in [0, 0.1) is 11.8 Å². The molecule has 6 atom stereocenters. The summed E-state index contributed by atoms with van der Waals surface area (Å²) in [5.41, 5.74) is 0. The van der Waals surface area contributed by atoms with Crippen LogP contribution in [0.15, 0.2) is 0 Å². The highest BCUT2D eigenvalue weighted by Crippen LogP contribution is 2.40. The van der Waals surface area contributed by atoms with Crippen LogP contribution in [-0.4, -0.2) is 71.3 Å². The molecule has 4 fully saturated rings. The first kappa shape index (κ1) is 18.6. The Morgan fingerprint density at radius 1 is 1.15 bits per heavy atom. The van der Waals surface area contributed by atoms with E-state index in [-0.39, 0.29) is 36.0 Å². The molecule has 0 spiro atoms. The summed E-state index contributed by atoms with van der Waals surface area (Å²) in [5.74, 6) is 2.79. The molecule has 146 valence electrons. The Morgan fingerprint density at radius 3 is 2.65 bits per heavy atom. The van der Waals surface area contributed by atoms with E-state index in [4.69, 9.17) is 4.74 Å². The zero-order chi connectivity index (χ0) is 18.3. The van der Waals surface area contributed by atoms with Crippen molar-refractivity contribution in [2.45, 2.75) is 70.2 Å². The summed E-state index contributed by atoms with van der Waals surface area (Å²) in [4.78, 5) is 29.7. The number of piperazine rings is 1. The molecule has 0 radical (unpaired) electrons.